The van der Waals surface area contributed by atoms with Gasteiger partial charge in [-0.15, -0.1) is 0 Å². The zero-order valence-corrected chi connectivity index (χ0v) is 16.7. The minimum atomic E-state index is -2.42. The minimum absolute atomic E-state index is 0.0262. The lowest BCUT2D eigenvalue weighted by atomic mass is 9.84. The Balaban J connectivity index is 1.30. The number of nitrogens with one attached hydrogen (secondary N) is 1. The van der Waals surface area contributed by atoms with Crippen LogP contribution in [0.25, 0.3) is 0 Å². The van der Waals surface area contributed by atoms with E-state index in [-0.39, 0.29) is 11.9 Å². The molecule has 0 aromatic carbocycles. The van der Waals surface area contributed by atoms with E-state index in [4.69, 9.17) is 0 Å². The summed E-state index contributed by atoms with van der Waals surface area (Å²) in [7, 11) is 0. The van der Waals surface area contributed by atoms with Crippen LogP contribution >= 0.6 is 0 Å². The van der Waals surface area contributed by atoms with Gasteiger partial charge in [-0.3, -0.25) is 4.79 Å². The first-order valence-corrected chi connectivity index (χ1v) is 10.9. The number of halogens is 2. The lowest BCUT2D eigenvalue weighted by Crippen LogP contribution is -2.46. The lowest BCUT2D eigenvalue weighted by molar-refractivity contribution is -0.133. The Kier molecular flexibility index (Phi) is 5.88. The van der Waals surface area contributed by atoms with Crippen molar-refractivity contribution in [2.45, 2.75) is 83.2 Å². The predicted molar refractivity (Wildman–Crippen MR) is 105 cm³/mol. The summed E-state index contributed by atoms with van der Waals surface area (Å²) in [5.74, 6) is 2.05. The summed E-state index contributed by atoms with van der Waals surface area (Å²) in [5.41, 5.74) is 0.761. The fourth-order valence-electron chi connectivity index (χ4n) is 5.34. The lowest BCUT2D eigenvalue weighted by Gasteiger charge is -2.40. The van der Waals surface area contributed by atoms with E-state index in [1.165, 1.54) is 30.4 Å². The molecule has 0 radical (unpaired) electrons. The number of fused-ring (bicyclic) bond motifs is 1. The SMILES string of the molecule is Cc1cc2n(n1)[C@@H](C(F)F)C[C@@H](C1CCN(C(=O)CCC3CCCC3)CC1)N2. The summed E-state index contributed by atoms with van der Waals surface area (Å²) in [5, 5.41) is 7.69. The Hall–Kier alpha value is -1.66. The van der Waals surface area contributed by atoms with Gasteiger partial charge in [0.05, 0.1) is 5.69 Å². The number of likely N-dealkylation sites (tertiary alicyclic amines) is 1. The van der Waals surface area contributed by atoms with Gasteiger partial charge in [0.15, 0.2) is 0 Å². The summed E-state index contributed by atoms with van der Waals surface area (Å²) in [6.45, 7) is 3.34. The highest BCUT2D eigenvalue weighted by Gasteiger charge is 2.38. The van der Waals surface area contributed by atoms with Crippen LogP contribution < -0.4 is 5.32 Å². The van der Waals surface area contributed by atoms with Crippen LogP contribution in [-0.2, 0) is 4.79 Å². The third-order valence-corrected chi connectivity index (χ3v) is 6.99. The van der Waals surface area contributed by atoms with Crippen molar-refractivity contribution >= 4 is 11.7 Å². The Morgan fingerprint density at radius 3 is 2.64 bits per heavy atom. The summed E-state index contributed by atoms with van der Waals surface area (Å²) in [6.07, 6.45) is 6.64. The quantitative estimate of drug-likeness (QED) is 0.806. The van der Waals surface area contributed by atoms with Crippen molar-refractivity contribution < 1.29 is 13.6 Å². The van der Waals surface area contributed by atoms with Crippen LogP contribution in [0.1, 0.15) is 69.5 Å². The predicted octanol–water partition coefficient (Wildman–Crippen LogP) is 4.39. The third-order valence-electron chi connectivity index (χ3n) is 6.99. The first kappa shape index (κ1) is 19.6. The molecule has 28 heavy (non-hydrogen) atoms. The van der Waals surface area contributed by atoms with Crippen molar-refractivity contribution in [2.24, 2.45) is 11.8 Å². The maximum atomic E-state index is 13.6. The normalized spacial score (nSPS) is 26.5. The molecule has 1 amide bonds. The van der Waals surface area contributed by atoms with Gasteiger partial charge in [-0.25, -0.2) is 13.5 Å². The molecule has 7 heteroatoms. The summed E-state index contributed by atoms with van der Waals surface area (Å²) >= 11 is 0. The molecule has 3 heterocycles. The van der Waals surface area contributed by atoms with Crippen LogP contribution in [0.2, 0.25) is 0 Å². The standard InChI is InChI=1S/C21H32F2N4O/c1-14-12-19-24-17(13-18(21(22)23)27(19)25-14)16-8-10-26(11-9-16)20(28)7-6-15-4-2-3-5-15/h12,15-18,21,24H,2-11,13H2,1H3/t17-,18+/m0/s1. The Morgan fingerprint density at radius 1 is 1.25 bits per heavy atom. The van der Waals surface area contributed by atoms with E-state index in [2.05, 4.69) is 10.4 Å². The molecule has 1 saturated carbocycles. The number of amides is 1. The molecule has 1 N–H and O–H groups in total. The number of hydrogen-bond donors (Lipinski definition) is 1. The molecule has 0 spiro atoms. The van der Waals surface area contributed by atoms with E-state index in [9.17, 15) is 13.6 Å². The zero-order chi connectivity index (χ0) is 19.7. The van der Waals surface area contributed by atoms with Gasteiger partial charge in [-0.1, -0.05) is 25.7 Å². The highest BCUT2D eigenvalue weighted by Crippen LogP contribution is 2.37. The molecule has 1 saturated heterocycles. The van der Waals surface area contributed by atoms with Crippen LogP contribution in [0.4, 0.5) is 14.6 Å². The number of aryl methyl sites for hydroxylation is 1. The van der Waals surface area contributed by atoms with Gasteiger partial charge >= 0.3 is 0 Å². The van der Waals surface area contributed by atoms with Gasteiger partial charge < -0.3 is 10.2 Å². The molecule has 0 bridgehead atoms. The number of carbonyl (C=O) groups is 1. The highest BCUT2D eigenvalue weighted by atomic mass is 19.3. The largest absolute Gasteiger partial charge is 0.367 e. The van der Waals surface area contributed by atoms with Gasteiger partial charge in [0.2, 0.25) is 5.91 Å². The highest BCUT2D eigenvalue weighted by molar-refractivity contribution is 5.76. The molecule has 4 rings (SSSR count). The van der Waals surface area contributed by atoms with Gasteiger partial charge in [0.1, 0.15) is 11.9 Å². The minimum Gasteiger partial charge on any atom is -0.367 e. The van der Waals surface area contributed by atoms with Crippen molar-refractivity contribution in [3.05, 3.63) is 11.8 Å². The number of nitrogens with zero attached hydrogens (tertiary/aromatic N) is 3. The van der Waals surface area contributed by atoms with Crippen LogP contribution in [0.5, 0.6) is 0 Å². The fourth-order valence-corrected chi connectivity index (χ4v) is 5.34. The molecule has 5 nitrogen and oxygen atoms in total. The Labute approximate surface area is 165 Å². The summed E-state index contributed by atoms with van der Waals surface area (Å²) < 4.78 is 28.6. The van der Waals surface area contributed by atoms with E-state index < -0.39 is 12.5 Å². The third kappa shape index (κ3) is 4.18. The summed E-state index contributed by atoms with van der Waals surface area (Å²) in [6, 6.07) is 1.02. The average molecular weight is 395 g/mol. The molecule has 2 atom stereocenters. The van der Waals surface area contributed by atoms with E-state index in [1.54, 1.807) is 0 Å². The maximum Gasteiger partial charge on any atom is 0.260 e. The number of hydrogen-bond acceptors (Lipinski definition) is 3. The summed E-state index contributed by atoms with van der Waals surface area (Å²) in [4.78, 5) is 14.5. The number of aromatic nitrogens is 2. The van der Waals surface area contributed by atoms with Crippen LogP contribution in [0, 0.1) is 18.8 Å². The molecule has 2 aliphatic heterocycles. The Bertz CT molecular complexity index is 678. The van der Waals surface area contributed by atoms with Crippen molar-refractivity contribution in [3.63, 3.8) is 0 Å². The van der Waals surface area contributed by atoms with Crippen LogP contribution in [0.3, 0.4) is 0 Å². The Morgan fingerprint density at radius 2 is 1.96 bits per heavy atom. The number of carbonyl (C=O) groups excluding carboxylic acids is 1. The van der Waals surface area contributed by atoms with E-state index in [1.807, 2.05) is 17.9 Å². The molecule has 1 aliphatic carbocycles. The van der Waals surface area contributed by atoms with Crippen molar-refractivity contribution in [2.75, 3.05) is 18.4 Å². The number of anilines is 1. The van der Waals surface area contributed by atoms with Gasteiger partial charge in [-0.05, 0) is 44.4 Å². The van der Waals surface area contributed by atoms with Gasteiger partial charge in [0.25, 0.3) is 6.43 Å². The number of alkyl halides is 2. The molecule has 156 valence electrons. The van der Waals surface area contributed by atoms with E-state index in [0.717, 1.165) is 44.0 Å². The molecular formula is C21H32F2N4O. The fraction of sp³-hybridized carbons (Fsp3) is 0.810. The molecule has 3 aliphatic rings. The van der Waals surface area contributed by atoms with Gasteiger partial charge in [0, 0.05) is 31.6 Å². The van der Waals surface area contributed by atoms with Crippen molar-refractivity contribution in [1.82, 2.24) is 14.7 Å². The molecule has 0 unspecified atom stereocenters. The molecule has 2 fully saturated rings. The van der Waals surface area contributed by atoms with E-state index in [0.29, 0.717) is 24.6 Å². The topological polar surface area (TPSA) is 50.2 Å². The maximum absolute atomic E-state index is 13.6. The number of piperidine rings is 1. The molecule has 1 aromatic heterocycles. The monoisotopic (exact) mass is 394 g/mol. The van der Waals surface area contributed by atoms with E-state index >= 15 is 0 Å². The van der Waals surface area contributed by atoms with Crippen LogP contribution in [-0.4, -0.2) is 46.1 Å². The first-order chi connectivity index (χ1) is 13.5. The van der Waals surface area contributed by atoms with Crippen LogP contribution in [0.15, 0.2) is 6.07 Å². The van der Waals surface area contributed by atoms with Crippen molar-refractivity contribution in [1.29, 1.82) is 0 Å². The smallest absolute Gasteiger partial charge is 0.260 e. The van der Waals surface area contributed by atoms with Crippen molar-refractivity contribution in [3.8, 4) is 0 Å². The second-order valence-corrected chi connectivity index (χ2v) is 8.91. The first-order valence-electron chi connectivity index (χ1n) is 10.9. The average Bonchev–Trinajstić information content (AvgIpc) is 3.33. The second-order valence-electron chi connectivity index (χ2n) is 8.91. The second kappa shape index (κ2) is 8.37. The molecule has 1 aromatic rings. The zero-order valence-electron chi connectivity index (χ0n) is 16.7. The number of rotatable bonds is 5. The molecular weight excluding hydrogens is 362 g/mol. The van der Waals surface area contributed by atoms with Gasteiger partial charge in [-0.2, -0.15) is 5.10 Å².